The van der Waals surface area contributed by atoms with Crippen molar-refractivity contribution in [1.29, 1.82) is 0 Å². The second-order valence-electron chi connectivity index (χ2n) is 9.75. The van der Waals surface area contributed by atoms with E-state index in [1.807, 2.05) is 32.0 Å². The van der Waals surface area contributed by atoms with E-state index < -0.39 is 12.1 Å². The molecule has 0 bridgehead atoms. The molecule has 38 heavy (non-hydrogen) atoms. The summed E-state index contributed by atoms with van der Waals surface area (Å²) in [5.74, 6) is 0.0275. The first-order chi connectivity index (χ1) is 18.2. The number of hydrogen-bond acceptors (Lipinski definition) is 6. The number of carbonyl (C=O) groups excluding carboxylic acids is 3. The van der Waals surface area contributed by atoms with Gasteiger partial charge in [-0.3, -0.25) is 9.59 Å². The molecule has 2 N–H and O–H groups in total. The van der Waals surface area contributed by atoms with E-state index in [9.17, 15) is 14.4 Å². The van der Waals surface area contributed by atoms with Crippen LogP contribution in [0.1, 0.15) is 69.5 Å². The molecule has 1 aromatic heterocycles. The number of thiophene rings is 1. The van der Waals surface area contributed by atoms with Crippen molar-refractivity contribution >= 4 is 39.8 Å². The van der Waals surface area contributed by atoms with E-state index >= 15 is 0 Å². The Hall–Kier alpha value is -3.65. The maximum Gasteiger partial charge on any atom is 0.341 e. The maximum absolute atomic E-state index is 13.1. The SMILES string of the molecule is CCOC(=O)c1c(NC(=O)c2ccc(OC(C)C(=O)Nc3cccc(C)c3C)cc2)sc2c1CCC(C)C2. The molecular formula is C30H34N2O5S. The predicted molar refractivity (Wildman–Crippen MR) is 150 cm³/mol. The number of benzene rings is 2. The van der Waals surface area contributed by atoms with Crippen LogP contribution >= 0.6 is 11.3 Å². The third-order valence-corrected chi connectivity index (χ3v) is 8.05. The standard InChI is InChI=1S/C30H34N2O5S/c1-6-36-30(35)26-23-15-10-17(2)16-25(23)38-29(26)32-28(34)21-11-13-22(14-12-21)37-20(5)27(33)31-24-9-7-8-18(3)19(24)4/h7-9,11-14,17,20H,6,10,15-16H2,1-5H3,(H,31,33)(H,32,34). The van der Waals surface area contributed by atoms with Gasteiger partial charge in [-0.25, -0.2) is 4.79 Å². The number of nitrogens with one attached hydrogen (secondary N) is 2. The highest BCUT2D eigenvalue weighted by Crippen LogP contribution is 2.40. The van der Waals surface area contributed by atoms with Gasteiger partial charge in [-0.1, -0.05) is 19.1 Å². The summed E-state index contributed by atoms with van der Waals surface area (Å²) in [7, 11) is 0. The van der Waals surface area contributed by atoms with Crippen molar-refractivity contribution in [2.45, 2.75) is 60.0 Å². The van der Waals surface area contributed by atoms with Crippen LogP contribution in [0.2, 0.25) is 0 Å². The van der Waals surface area contributed by atoms with Crippen LogP contribution < -0.4 is 15.4 Å². The second-order valence-corrected chi connectivity index (χ2v) is 10.9. The van der Waals surface area contributed by atoms with Crippen molar-refractivity contribution in [2.24, 2.45) is 5.92 Å². The van der Waals surface area contributed by atoms with E-state index in [2.05, 4.69) is 17.6 Å². The fourth-order valence-corrected chi connectivity index (χ4v) is 5.89. The highest BCUT2D eigenvalue weighted by molar-refractivity contribution is 7.17. The first-order valence-corrected chi connectivity index (χ1v) is 13.8. The summed E-state index contributed by atoms with van der Waals surface area (Å²) in [6.45, 7) is 9.87. The zero-order chi connectivity index (χ0) is 27.4. The van der Waals surface area contributed by atoms with Gasteiger partial charge in [0.05, 0.1) is 12.2 Å². The fourth-order valence-electron chi connectivity index (χ4n) is 4.50. The van der Waals surface area contributed by atoms with Crippen molar-refractivity contribution in [2.75, 3.05) is 17.2 Å². The summed E-state index contributed by atoms with van der Waals surface area (Å²) in [4.78, 5) is 39.6. The third kappa shape index (κ3) is 6.07. The number of anilines is 2. The molecule has 3 aromatic rings. The lowest BCUT2D eigenvalue weighted by atomic mass is 9.88. The first kappa shape index (κ1) is 27.4. The van der Waals surface area contributed by atoms with Crippen LogP contribution in [0.4, 0.5) is 10.7 Å². The van der Waals surface area contributed by atoms with Crippen molar-refractivity contribution in [3.63, 3.8) is 0 Å². The molecule has 1 aliphatic rings. The van der Waals surface area contributed by atoms with E-state index in [4.69, 9.17) is 9.47 Å². The average Bonchev–Trinajstić information content (AvgIpc) is 3.24. The number of ether oxygens (including phenoxy) is 2. The fraction of sp³-hybridized carbons (Fsp3) is 0.367. The normalized spacial score (nSPS) is 15.2. The molecule has 0 radical (unpaired) electrons. The zero-order valence-corrected chi connectivity index (χ0v) is 23.3. The Bertz CT molecular complexity index is 1350. The van der Waals surface area contributed by atoms with Crippen molar-refractivity contribution in [3.8, 4) is 5.75 Å². The van der Waals surface area contributed by atoms with Crippen LogP contribution in [-0.4, -0.2) is 30.5 Å². The van der Waals surface area contributed by atoms with Gasteiger partial charge in [0.25, 0.3) is 11.8 Å². The summed E-state index contributed by atoms with van der Waals surface area (Å²) < 4.78 is 11.1. The maximum atomic E-state index is 13.1. The number of hydrogen-bond donors (Lipinski definition) is 2. The number of rotatable bonds is 8. The summed E-state index contributed by atoms with van der Waals surface area (Å²) in [6, 6.07) is 12.3. The molecule has 0 spiro atoms. The quantitative estimate of drug-likeness (QED) is 0.330. The Labute approximate surface area is 227 Å². The van der Waals surface area contributed by atoms with Crippen LogP contribution in [0.3, 0.4) is 0 Å². The third-order valence-electron chi connectivity index (χ3n) is 6.88. The van der Waals surface area contributed by atoms with Gasteiger partial charge >= 0.3 is 5.97 Å². The Kier molecular flexibility index (Phi) is 8.52. The van der Waals surface area contributed by atoms with E-state index in [0.29, 0.717) is 27.8 Å². The van der Waals surface area contributed by atoms with Crippen molar-refractivity contribution < 1.29 is 23.9 Å². The van der Waals surface area contributed by atoms with Crippen molar-refractivity contribution in [1.82, 2.24) is 0 Å². The van der Waals surface area contributed by atoms with E-state index in [0.717, 1.165) is 46.5 Å². The minimum atomic E-state index is -0.735. The molecule has 7 nitrogen and oxygen atoms in total. The van der Waals surface area contributed by atoms with E-state index in [1.165, 1.54) is 11.3 Å². The highest BCUT2D eigenvalue weighted by atomic mass is 32.1. The lowest BCUT2D eigenvalue weighted by Gasteiger charge is -2.18. The molecule has 4 rings (SSSR count). The van der Waals surface area contributed by atoms with Crippen LogP contribution in [0.25, 0.3) is 0 Å². The van der Waals surface area contributed by atoms with Gasteiger partial charge in [-0.15, -0.1) is 11.3 Å². The van der Waals surface area contributed by atoms with Gasteiger partial charge in [0.2, 0.25) is 0 Å². The molecule has 2 aromatic carbocycles. The molecule has 0 fully saturated rings. The van der Waals surface area contributed by atoms with Gasteiger partial charge < -0.3 is 20.1 Å². The van der Waals surface area contributed by atoms with Gasteiger partial charge in [-0.05, 0) is 99.9 Å². The second kappa shape index (κ2) is 11.8. The number of fused-ring (bicyclic) bond motifs is 1. The molecule has 2 atom stereocenters. The Balaban J connectivity index is 1.43. The molecular weight excluding hydrogens is 500 g/mol. The average molecular weight is 535 g/mol. The van der Waals surface area contributed by atoms with Crippen LogP contribution in [-0.2, 0) is 22.4 Å². The molecule has 2 unspecified atom stereocenters. The molecule has 0 saturated heterocycles. The number of esters is 1. The Morgan fingerprint density at radius 1 is 1.08 bits per heavy atom. The van der Waals surface area contributed by atoms with Gasteiger partial charge in [0, 0.05) is 16.1 Å². The van der Waals surface area contributed by atoms with E-state index in [-0.39, 0.29) is 18.4 Å². The lowest BCUT2D eigenvalue weighted by molar-refractivity contribution is -0.122. The van der Waals surface area contributed by atoms with Gasteiger partial charge in [0.15, 0.2) is 6.10 Å². The van der Waals surface area contributed by atoms with Crippen LogP contribution in [0.5, 0.6) is 5.75 Å². The number of carbonyl (C=O) groups is 3. The van der Waals surface area contributed by atoms with Crippen LogP contribution in [0, 0.1) is 19.8 Å². The summed E-state index contributed by atoms with van der Waals surface area (Å²) in [5.41, 5.74) is 4.76. The largest absolute Gasteiger partial charge is 0.481 e. The first-order valence-electron chi connectivity index (χ1n) is 12.9. The van der Waals surface area contributed by atoms with Crippen molar-refractivity contribution in [3.05, 3.63) is 75.2 Å². The molecule has 1 heterocycles. The summed E-state index contributed by atoms with van der Waals surface area (Å²) >= 11 is 1.46. The summed E-state index contributed by atoms with van der Waals surface area (Å²) in [5, 5.41) is 6.37. The molecule has 8 heteroatoms. The molecule has 0 saturated carbocycles. The lowest BCUT2D eigenvalue weighted by Crippen LogP contribution is -2.30. The number of aryl methyl sites for hydroxylation is 1. The minimum Gasteiger partial charge on any atom is -0.481 e. The van der Waals surface area contributed by atoms with E-state index in [1.54, 1.807) is 38.1 Å². The topological polar surface area (TPSA) is 93.7 Å². The molecule has 2 amide bonds. The molecule has 0 aliphatic heterocycles. The Morgan fingerprint density at radius 3 is 2.53 bits per heavy atom. The summed E-state index contributed by atoms with van der Waals surface area (Å²) in [6.07, 6.45) is 1.97. The zero-order valence-electron chi connectivity index (χ0n) is 22.5. The molecule has 200 valence electrons. The predicted octanol–water partition coefficient (Wildman–Crippen LogP) is 6.32. The Morgan fingerprint density at radius 2 is 1.82 bits per heavy atom. The van der Waals surface area contributed by atoms with Crippen LogP contribution in [0.15, 0.2) is 42.5 Å². The highest BCUT2D eigenvalue weighted by Gasteiger charge is 2.29. The molecule has 1 aliphatic carbocycles. The van der Waals surface area contributed by atoms with Gasteiger partial charge in [-0.2, -0.15) is 0 Å². The number of amides is 2. The smallest absolute Gasteiger partial charge is 0.341 e. The van der Waals surface area contributed by atoms with Gasteiger partial charge in [0.1, 0.15) is 10.8 Å². The monoisotopic (exact) mass is 534 g/mol. The minimum absolute atomic E-state index is 0.261.